The maximum atomic E-state index is 12.2. The number of rotatable bonds is 6. The standard InChI is InChI=1S/C11H12N4O5S2/c1-2-15-4-7(9(13-15)10(12)16)14-22(19,20)8-3-6(5-21-8)11(17)18/h3-5,14H,2H2,1H3,(H2,12,16)(H,17,18). The van der Waals surface area contributed by atoms with Crippen molar-refractivity contribution in [3.05, 3.63) is 28.9 Å². The van der Waals surface area contributed by atoms with E-state index in [0.717, 1.165) is 17.4 Å². The Morgan fingerprint density at radius 1 is 1.50 bits per heavy atom. The van der Waals surface area contributed by atoms with Crippen LogP contribution < -0.4 is 10.5 Å². The van der Waals surface area contributed by atoms with Gasteiger partial charge in [-0.05, 0) is 13.0 Å². The summed E-state index contributed by atoms with van der Waals surface area (Å²) in [5, 5.41) is 13.9. The van der Waals surface area contributed by atoms with Crippen LogP contribution in [0.5, 0.6) is 0 Å². The number of carbonyl (C=O) groups is 2. The van der Waals surface area contributed by atoms with Gasteiger partial charge < -0.3 is 10.8 Å². The Labute approximate surface area is 129 Å². The van der Waals surface area contributed by atoms with Gasteiger partial charge in [-0.25, -0.2) is 13.2 Å². The Hall–Kier alpha value is -2.40. The molecule has 2 rings (SSSR count). The lowest BCUT2D eigenvalue weighted by Crippen LogP contribution is -2.17. The number of thiophene rings is 1. The normalized spacial score (nSPS) is 11.3. The SMILES string of the molecule is CCn1cc(NS(=O)(=O)c2cc(C(=O)O)cs2)c(C(N)=O)n1. The van der Waals surface area contributed by atoms with Crippen LogP contribution in [0.25, 0.3) is 0 Å². The Bertz CT molecular complexity index is 837. The minimum absolute atomic E-state index is 0.0559. The Morgan fingerprint density at radius 3 is 2.68 bits per heavy atom. The smallest absolute Gasteiger partial charge is 0.336 e. The van der Waals surface area contributed by atoms with Gasteiger partial charge in [0.25, 0.3) is 15.9 Å². The lowest BCUT2D eigenvalue weighted by molar-refractivity contribution is 0.0697. The van der Waals surface area contributed by atoms with Crippen molar-refractivity contribution in [3.63, 3.8) is 0 Å². The fourth-order valence-corrected chi connectivity index (χ4v) is 3.81. The number of sulfonamides is 1. The topological polar surface area (TPSA) is 144 Å². The number of carbonyl (C=O) groups excluding carboxylic acids is 1. The molecular weight excluding hydrogens is 332 g/mol. The van der Waals surface area contributed by atoms with Crippen molar-refractivity contribution in [2.75, 3.05) is 4.72 Å². The van der Waals surface area contributed by atoms with Crippen LogP contribution in [0.15, 0.2) is 21.9 Å². The molecular formula is C11H12N4O5S2. The second-order valence-corrected chi connectivity index (χ2v) is 7.00. The predicted molar refractivity (Wildman–Crippen MR) is 78.5 cm³/mol. The quantitative estimate of drug-likeness (QED) is 0.698. The van der Waals surface area contributed by atoms with E-state index in [2.05, 4.69) is 9.82 Å². The summed E-state index contributed by atoms with van der Waals surface area (Å²) in [5.41, 5.74) is 4.76. The van der Waals surface area contributed by atoms with E-state index in [0.29, 0.717) is 6.54 Å². The van der Waals surface area contributed by atoms with Crippen molar-refractivity contribution < 1.29 is 23.1 Å². The average Bonchev–Trinajstić information content (AvgIpc) is 3.04. The summed E-state index contributed by atoms with van der Waals surface area (Å²) in [6.07, 6.45) is 1.34. The molecule has 22 heavy (non-hydrogen) atoms. The van der Waals surface area contributed by atoms with Crippen LogP contribution in [0.4, 0.5) is 5.69 Å². The third-order valence-corrected chi connectivity index (χ3v) is 5.46. The average molecular weight is 344 g/mol. The van der Waals surface area contributed by atoms with Crippen LogP contribution in [-0.2, 0) is 16.6 Å². The monoisotopic (exact) mass is 344 g/mol. The molecule has 11 heteroatoms. The number of hydrogen-bond acceptors (Lipinski definition) is 6. The predicted octanol–water partition coefficient (Wildman–Crippen LogP) is 0.562. The minimum atomic E-state index is -4.03. The highest BCUT2D eigenvalue weighted by molar-refractivity contribution is 7.94. The summed E-state index contributed by atoms with van der Waals surface area (Å²) in [6.45, 7) is 2.18. The van der Waals surface area contributed by atoms with Gasteiger partial charge in [0.2, 0.25) is 0 Å². The molecule has 0 bridgehead atoms. The van der Waals surface area contributed by atoms with Gasteiger partial charge >= 0.3 is 5.97 Å². The van der Waals surface area contributed by atoms with Crippen LogP contribution in [0, 0.1) is 0 Å². The first kappa shape index (κ1) is 16.0. The van der Waals surface area contributed by atoms with Crippen LogP contribution in [-0.4, -0.2) is 35.2 Å². The summed E-state index contributed by atoms with van der Waals surface area (Å²) in [4.78, 5) is 22.1. The van der Waals surface area contributed by atoms with E-state index in [1.165, 1.54) is 16.3 Å². The molecule has 0 radical (unpaired) electrons. The van der Waals surface area contributed by atoms with Gasteiger partial charge in [0.1, 0.15) is 4.21 Å². The molecule has 0 fully saturated rings. The number of primary amides is 1. The Balaban J connectivity index is 2.37. The van der Waals surface area contributed by atoms with Crippen LogP contribution >= 0.6 is 11.3 Å². The maximum Gasteiger partial charge on any atom is 0.336 e. The number of anilines is 1. The molecule has 118 valence electrons. The van der Waals surface area contributed by atoms with Crippen LogP contribution in [0.3, 0.4) is 0 Å². The molecule has 0 aliphatic rings. The van der Waals surface area contributed by atoms with Crippen molar-refractivity contribution in [2.24, 2.45) is 5.73 Å². The highest BCUT2D eigenvalue weighted by atomic mass is 32.2. The van der Waals surface area contributed by atoms with E-state index in [1.807, 2.05) is 0 Å². The fraction of sp³-hybridized carbons (Fsp3) is 0.182. The number of carboxylic acids is 1. The molecule has 0 aliphatic heterocycles. The Morgan fingerprint density at radius 2 is 2.18 bits per heavy atom. The highest BCUT2D eigenvalue weighted by Gasteiger charge is 2.23. The van der Waals surface area contributed by atoms with Crippen LogP contribution in [0.2, 0.25) is 0 Å². The number of aromatic nitrogens is 2. The van der Waals surface area contributed by atoms with E-state index < -0.39 is 21.9 Å². The van der Waals surface area contributed by atoms with Gasteiger partial charge in [-0.15, -0.1) is 11.3 Å². The molecule has 2 aromatic rings. The zero-order chi connectivity index (χ0) is 16.5. The zero-order valence-electron chi connectivity index (χ0n) is 11.3. The number of carboxylic acid groups (broad SMARTS) is 1. The number of nitrogens with one attached hydrogen (secondary N) is 1. The van der Waals surface area contributed by atoms with Gasteiger partial charge in [-0.2, -0.15) is 5.10 Å². The Kier molecular flexibility index (Phi) is 4.19. The van der Waals surface area contributed by atoms with E-state index in [4.69, 9.17) is 10.8 Å². The largest absolute Gasteiger partial charge is 0.478 e. The van der Waals surface area contributed by atoms with Crippen molar-refractivity contribution in [2.45, 2.75) is 17.7 Å². The fourth-order valence-electron chi connectivity index (χ4n) is 1.60. The van der Waals surface area contributed by atoms with Gasteiger partial charge in [-0.3, -0.25) is 14.2 Å². The van der Waals surface area contributed by atoms with Gasteiger partial charge in [0.15, 0.2) is 5.69 Å². The van der Waals surface area contributed by atoms with E-state index in [-0.39, 0.29) is 21.2 Å². The number of aromatic carboxylic acids is 1. The minimum Gasteiger partial charge on any atom is -0.478 e. The third kappa shape index (κ3) is 3.09. The summed E-state index contributed by atoms with van der Waals surface area (Å²) in [5.74, 6) is -2.10. The molecule has 0 atom stereocenters. The van der Waals surface area contributed by atoms with E-state index >= 15 is 0 Å². The summed E-state index contributed by atoms with van der Waals surface area (Å²) >= 11 is 0.756. The molecule has 0 spiro atoms. The van der Waals surface area contributed by atoms with Gasteiger partial charge in [0, 0.05) is 18.1 Å². The summed E-state index contributed by atoms with van der Waals surface area (Å²) < 4.78 is 27.8. The third-order valence-electron chi connectivity index (χ3n) is 2.65. The number of aryl methyl sites for hydroxylation is 1. The summed E-state index contributed by atoms with van der Waals surface area (Å²) in [7, 11) is -4.03. The van der Waals surface area contributed by atoms with E-state index in [9.17, 15) is 18.0 Å². The number of amides is 1. The lowest BCUT2D eigenvalue weighted by Gasteiger charge is -2.04. The number of nitrogens with two attached hydrogens (primary N) is 1. The molecule has 0 aliphatic carbocycles. The molecule has 2 aromatic heterocycles. The zero-order valence-corrected chi connectivity index (χ0v) is 12.9. The van der Waals surface area contributed by atoms with Crippen LogP contribution in [0.1, 0.15) is 27.8 Å². The maximum absolute atomic E-state index is 12.2. The second kappa shape index (κ2) is 5.77. The van der Waals surface area contributed by atoms with E-state index in [1.54, 1.807) is 6.92 Å². The second-order valence-electron chi connectivity index (χ2n) is 4.18. The number of hydrogen-bond donors (Lipinski definition) is 3. The highest BCUT2D eigenvalue weighted by Crippen LogP contribution is 2.24. The molecule has 4 N–H and O–H groups in total. The molecule has 2 heterocycles. The first-order chi connectivity index (χ1) is 10.2. The first-order valence-electron chi connectivity index (χ1n) is 5.96. The molecule has 0 aromatic carbocycles. The lowest BCUT2D eigenvalue weighted by atomic mass is 10.4. The number of nitrogens with zero attached hydrogens (tertiary/aromatic N) is 2. The van der Waals surface area contributed by atoms with Crippen molar-refractivity contribution >= 4 is 38.9 Å². The van der Waals surface area contributed by atoms with Crippen molar-refractivity contribution in [1.29, 1.82) is 0 Å². The molecule has 0 saturated heterocycles. The molecule has 9 nitrogen and oxygen atoms in total. The summed E-state index contributed by atoms with van der Waals surface area (Å²) in [6, 6.07) is 1.03. The first-order valence-corrected chi connectivity index (χ1v) is 8.32. The van der Waals surface area contributed by atoms with Crippen molar-refractivity contribution in [3.8, 4) is 0 Å². The van der Waals surface area contributed by atoms with Crippen molar-refractivity contribution in [1.82, 2.24) is 9.78 Å². The molecule has 0 unspecified atom stereocenters. The van der Waals surface area contributed by atoms with Gasteiger partial charge in [0.05, 0.1) is 11.3 Å². The molecule has 1 amide bonds. The van der Waals surface area contributed by atoms with Gasteiger partial charge in [-0.1, -0.05) is 0 Å². The molecule has 0 saturated carbocycles.